The number of hydrogen-bond donors (Lipinski definition) is 1. The molecule has 0 saturated carbocycles. The molecule has 14 heavy (non-hydrogen) atoms. The van der Waals surface area contributed by atoms with Gasteiger partial charge in [-0.15, -0.1) is 0 Å². The lowest BCUT2D eigenvalue weighted by molar-refractivity contribution is 0.1000. The quantitative estimate of drug-likeness (QED) is 0.748. The summed E-state index contributed by atoms with van der Waals surface area (Å²) < 4.78 is -0.190. The summed E-state index contributed by atoms with van der Waals surface area (Å²) >= 11 is 0.774. The summed E-state index contributed by atoms with van der Waals surface area (Å²) in [5, 5.41) is 0.566. The first-order chi connectivity index (χ1) is 6.68. The van der Waals surface area contributed by atoms with Crippen LogP contribution < -0.4 is 10.5 Å². The van der Waals surface area contributed by atoms with Crippen LogP contribution in [0.5, 0.6) is 0 Å². The van der Waals surface area contributed by atoms with Gasteiger partial charge in [-0.25, -0.2) is 4.98 Å². The molecule has 5 heteroatoms. The molecule has 0 saturated heterocycles. The average molecular weight is 206 g/mol. The van der Waals surface area contributed by atoms with Gasteiger partial charge in [-0.2, -0.15) is 0 Å². The predicted molar refractivity (Wildman–Crippen MR) is 54.4 cm³/mol. The molecule has 2 aromatic rings. The Hall–Kier alpha value is -1.75. The molecule has 1 amide bonds. The summed E-state index contributed by atoms with van der Waals surface area (Å²) in [5.41, 5.74) is 5.55. The maximum atomic E-state index is 11.5. The Morgan fingerprint density at radius 3 is 2.79 bits per heavy atom. The molecule has 0 spiro atoms. The number of aromatic nitrogens is 1. The number of primary amides is 1. The second-order valence-electron chi connectivity index (χ2n) is 2.69. The zero-order valence-corrected chi connectivity index (χ0v) is 7.88. The van der Waals surface area contributed by atoms with Crippen LogP contribution in [-0.2, 0) is 0 Å². The van der Waals surface area contributed by atoms with Gasteiger partial charge < -0.3 is 5.73 Å². The van der Waals surface area contributed by atoms with Gasteiger partial charge in [0.15, 0.2) is 5.01 Å². The van der Waals surface area contributed by atoms with Gasteiger partial charge in [0, 0.05) is 0 Å². The normalized spacial score (nSPS) is 10.3. The molecule has 1 heterocycles. The number of carbonyl (C=O) groups excluding carboxylic acids is 1. The van der Waals surface area contributed by atoms with Gasteiger partial charge in [0.25, 0.3) is 5.91 Å². The highest BCUT2D eigenvalue weighted by molar-refractivity contribution is 7.11. The van der Waals surface area contributed by atoms with Crippen LogP contribution in [0.3, 0.4) is 0 Å². The van der Waals surface area contributed by atoms with E-state index in [9.17, 15) is 9.59 Å². The van der Waals surface area contributed by atoms with E-state index in [1.807, 2.05) is 0 Å². The van der Waals surface area contributed by atoms with Gasteiger partial charge in [0.2, 0.25) is 4.74 Å². The van der Waals surface area contributed by atoms with Crippen molar-refractivity contribution in [2.75, 3.05) is 0 Å². The zero-order chi connectivity index (χ0) is 10.1. The van der Waals surface area contributed by atoms with Crippen molar-refractivity contribution in [2.24, 2.45) is 5.73 Å². The highest BCUT2D eigenvalue weighted by atomic mass is 32.1. The Morgan fingerprint density at radius 1 is 1.36 bits per heavy atom. The minimum absolute atomic E-state index is 0.0497. The number of para-hydroxylation sites is 1. The molecule has 0 bridgehead atoms. The smallest absolute Gasteiger partial charge is 0.277 e. The molecule has 1 aromatic heterocycles. The first-order valence-electron chi connectivity index (χ1n) is 3.88. The fourth-order valence-corrected chi connectivity index (χ4v) is 1.83. The van der Waals surface area contributed by atoms with Crippen molar-refractivity contribution in [1.82, 2.24) is 4.98 Å². The molecule has 4 nitrogen and oxygen atoms in total. The van der Waals surface area contributed by atoms with E-state index in [4.69, 9.17) is 5.73 Å². The first kappa shape index (κ1) is 8.83. The van der Waals surface area contributed by atoms with Gasteiger partial charge in [-0.05, 0) is 12.1 Å². The number of fused-ring (bicyclic) bond motifs is 1. The first-order valence-corrected chi connectivity index (χ1v) is 4.70. The molecule has 0 atom stereocenters. The lowest BCUT2D eigenvalue weighted by atomic mass is 10.2. The number of nitrogens with zero attached hydrogens (tertiary/aromatic N) is 1. The molecular weight excluding hydrogens is 200 g/mol. The summed E-state index contributed by atoms with van der Waals surface area (Å²) in [6.07, 6.45) is 0. The monoisotopic (exact) mass is 206 g/mol. The maximum Gasteiger partial charge on any atom is 0.277 e. The molecule has 2 rings (SSSR count). The third-order valence-corrected chi connectivity index (χ3v) is 2.64. The largest absolute Gasteiger partial charge is 0.364 e. The van der Waals surface area contributed by atoms with E-state index in [1.165, 1.54) is 0 Å². The number of carbonyl (C=O) groups is 1. The number of hydrogen-bond acceptors (Lipinski definition) is 4. The number of amides is 1. The molecular formula is C9H6N2O2S. The lowest BCUT2D eigenvalue weighted by Crippen LogP contribution is -2.14. The molecule has 0 fully saturated rings. The Kier molecular flexibility index (Phi) is 2.01. The van der Waals surface area contributed by atoms with Crippen LogP contribution >= 0.6 is 11.3 Å². The van der Waals surface area contributed by atoms with Crippen LogP contribution in [0.2, 0.25) is 0 Å². The second-order valence-corrected chi connectivity index (χ2v) is 3.65. The minimum Gasteiger partial charge on any atom is -0.364 e. The topological polar surface area (TPSA) is 73.1 Å². The lowest BCUT2D eigenvalue weighted by Gasteiger charge is -1.96. The molecule has 1 aromatic carbocycles. The zero-order valence-electron chi connectivity index (χ0n) is 7.06. The van der Waals surface area contributed by atoms with Crippen molar-refractivity contribution in [3.05, 3.63) is 38.8 Å². The molecule has 0 radical (unpaired) electrons. The molecule has 0 unspecified atom stereocenters. The third kappa shape index (κ3) is 1.38. The van der Waals surface area contributed by atoms with E-state index < -0.39 is 5.91 Å². The molecule has 2 N–H and O–H groups in total. The van der Waals surface area contributed by atoms with Crippen LogP contribution in [0.25, 0.3) is 10.9 Å². The van der Waals surface area contributed by atoms with Crippen molar-refractivity contribution in [2.45, 2.75) is 0 Å². The fraction of sp³-hybridized carbons (Fsp3) is 0. The van der Waals surface area contributed by atoms with E-state index in [2.05, 4.69) is 4.98 Å². The van der Waals surface area contributed by atoms with Gasteiger partial charge in [-0.3, -0.25) is 9.59 Å². The van der Waals surface area contributed by atoms with Crippen molar-refractivity contribution >= 4 is 28.1 Å². The van der Waals surface area contributed by atoms with Crippen LogP contribution in [0, 0.1) is 0 Å². The minimum atomic E-state index is -0.669. The predicted octanol–water partition coefficient (Wildman–Crippen LogP) is 0.755. The van der Waals surface area contributed by atoms with E-state index in [0.717, 1.165) is 11.3 Å². The van der Waals surface area contributed by atoms with Crippen molar-refractivity contribution in [3.8, 4) is 0 Å². The van der Waals surface area contributed by atoms with Gasteiger partial charge >= 0.3 is 0 Å². The second kappa shape index (κ2) is 3.19. The maximum absolute atomic E-state index is 11.5. The van der Waals surface area contributed by atoms with Crippen LogP contribution in [0.4, 0.5) is 0 Å². The fourth-order valence-electron chi connectivity index (χ4n) is 1.12. The molecule has 0 aliphatic carbocycles. The summed E-state index contributed by atoms with van der Waals surface area (Å²) in [6, 6.07) is 6.86. The summed E-state index contributed by atoms with van der Waals surface area (Å²) in [6.45, 7) is 0. The van der Waals surface area contributed by atoms with Crippen LogP contribution in [0.15, 0.2) is 29.1 Å². The van der Waals surface area contributed by atoms with Gasteiger partial charge in [0.05, 0.1) is 10.9 Å². The van der Waals surface area contributed by atoms with Gasteiger partial charge in [-0.1, -0.05) is 23.5 Å². The highest BCUT2D eigenvalue weighted by Crippen LogP contribution is 2.09. The third-order valence-electron chi connectivity index (χ3n) is 1.75. The van der Waals surface area contributed by atoms with Gasteiger partial charge in [0.1, 0.15) is 0 Å². The summed E-state index contributed by atoms with van der Waals surface area (Å²) in [5.74, 6) is -0.669. The van der Waals surface area contributed by atoms with Crippen LogP contribution in [-0.4, -0.2) is 10.9 Å². The Bertz CT molecular complexity index is 562. The standard InChI is InChI=1S/C9H6N2O2S/c10-7(12)8-11-6-4-2-1-3-5(6)9(13)14-8/h1-4H,(H2,10,12). The number of nitrogens with two attached hydrogens (primary N) is 1. The van der Waals surface area contributed by atoms with Crippen molar-refractivity contribution in [1.29, 1.82) is 0 Å². The van der Waals surface area contributed by atoms with Crippen LogP contribution in [0.1, 0.15) is 9.80 Å². The molecule has 70 valence electrons. The highest BCUT2D eigenvalue weighted by Gasteiger charge is 2.07. The van der Waals surface area contributed by atoms with E-state index in [0.29, 0.717) is 10.9 Å². The Balaban J connectivity index is 2.86. The average Bonchev–Trinajstić information content (AvgIpc) is 2.17. The van der Waals surface area contributed by atoms with Crippen molar-refractivity contribution in [3.63, 3.8) is 0 Å². The van der Waals surface area contributed by atoms with Crippen molar-refractivity contribution < 1.29 is 4.79 Å². The number of benzene rings is 1. The SMILES string of the molecule is NC(=O)c1nc2ccccc2c(=O)s1. The Labute approximate surface area is 83.0 Å². The van der Waals surface area contributed by atoms with E-state index >= 15 is 0 Å². The molecule has 0 aliphatic heterocycles. The molecule has 0 aliphatic rings. The summed E-state index contributed by atoms with van der Waals surface area (Å²) in [4.78, 5) is 26.3. The van der Waals surface area contributed by atoms with E-state index in [1.54, 1.807) is 24.3 Å². The number of rotatable bonds is 1. The van der Waals surface area contributed by atoms with E-state index in [-0.39, 0.29) is 9.75 Å². The summed E-state index contributed by atoms with van der Waals surface area (Å²) in [7, 11) is 0. The Morgan fingerprint density at radius 2 is 2.07 bits per heavy atom.